The van der Waals surface area contributed by atoms with Crippen LogP contribution in [0.1, 0.15) is 46.5 Å². The third-order valence-electron chi connectivity index (χ3n) is 3.90. The van der Waals surface area contributed by atoms with Crippen molar-refractivity contribution >= 4 is 0 Å². The zero-order chi connectivity index (χ0) is 13.6. The number of terminal acetylenes is 1. The van der Waals surface area contributed by atoms with Crippen molar-refractivity contribution in [3.63, 3.8) is 0 Å². The van der Waals surface area contributed by atoms with Gasteiger partial charge in [-0.25, -0.2) is 0 Å². The fourth-order valence-electron chi connectivity index (χ4n) is 2.61. The highest BCUT2D eigenvalue weighted by Gasteiger charge is 2.37. The lowest BCUT2D eigenvalue weighted by atomic mass is 9.82. The predicted octanol–water partition coefficient (Wildman–Crippen LogP) is 1.91. The molecule has 0 aliphatic carbocycles. The Bertz CT molecular complexity index is 285. The molecule has 3 unspecified atom stereocenters. The van der Waals surface area contributed by atoms with E-state index in [4.69, 9.17) is 16.9 Å². The van der Waals surface area contributed by atoms with E-state index in [1.54, 1.807) is 0 Å². The molecule has 3 nitrogen and oxygen atoms in total. The molecular formula is C15H28N2O. The van der Waals surface area contributed by atoms with Crippen molar-refractivity contribution in [3.8, 4) is 12.3 Å². The van der Waals surface area contributed by atoms with E-state index in [2.05, 4.69) is 32.0 Å². The maximum Gasteiger partial charge on any atom is 0.0691 e. The Balaban J connectivity index is 2.69. The van der Waals surface area contributed by atoms with Crippen molar-refractivity contribution in [2.75, 3.05) is 13.2 Å². The van der Waals surface area contributed by atoms with Gasteiger partial charge in [-0.3, -0.25) is 5.32 Å². The van der Waals surface area contributed by atoms with E-state index in [1.165, 1.54) is 0 Å². The van der Waals surface area contributed by atoms with Gasteiger partial charge < -0.3 is 10.5 Å². The molecule has 0 aromatic heterocycles. The second-order valence-corrected chi connectivity index (χ2v) is 5.74. The summed E-state index contributed by atoms with van der Waals surface area (Å²) in [5.41, 5.74) is 5.97. The van der Waals surface area contributed by atoms with Crippen molar-refractivity contribution in [2.45, 2.75) is 64.1 Å². The molecule has 0 aromatic rings. The SMILES string of the molecule is C#CC(CCC)NC1(CN)CCOC(C(C)C)C1. The lowest BCUT2D eigenvalue weighted by molar-refractivity contribution is -0.0507. The van der Waals surface area contributed by atoms with E-state index >= 15 is 0 Å². The average Bonchev–Trinajstić information content (AvgIpc) is 2.38. The van der Waals surface area contributed by atoms with E-state index in [0.717, 1.165) is 32.3 Å². The Morgan fingerprint density at radius 3 is 2.78 bits per heavy atom. The number of ether oxygens (including phenoxy) is 1. The molecule has 1 fully saturated rings. The first-order chi connectivity index (χ1) is 8.56. The molecule has 0 aromatic carbocycles. The van der Waals surface area contributed by atoms with Gasteiger partial charge in [0.05, 0.1) is 12.1 Å². The average molecular weight is 252 g/mol. The molecule has 3 atom stereocenters. The maximum atomic E-state index is 6.01. The quantitative estimate of drug-likeness (QED) is 0.710. The van der Waals surface area contributed by atoms with Crippen LogP contribution in [-0.2, 0) is 4.74 Å². The normalized spacial score (nSPS) is 30.1. The summed E-state index contributed by atoms with van der Waals surface area (Å²) >= 11 is 0. The van der Waals surface area contributed by atoms with E-state index in [-0.39, 0.29) is 17.7 Å². The zero-order valence-corrected chi connectivity index (χ0v) is 12.0. The molecule has 1 heterocycles. The van der Waals surface area contributed by atoms with Gasteiger partial charge in [0.25, 0.3) is 0 Å². The molecule has 0 saturated carbocycles. The molecule has 1 rings (SSSR count). The first-order valence-corrected chi connectivity index (χ1v) is 7.12. The minimum Gasteiger partial charge on any atom is -0.378 e. The molecule has 0 spiro atoms. The molecule has 0 bridgehead atoms. The van der Waals surface area contributed by atoms with Gasteiger partial charge in [-0.05, 0) is 25.2 Å². The topological polar surface area (TPSA) is 47.3 Å². The summed E-state index contributed by atoms with van der Waals surface area (Å²) in [5, 5.41) is 3.61. The lowest BCUT2D eigenvalue weighted by Crippen LogP contribution is -2.59. The van der Waals surface area contributed by atoms with E-state index in [9.17, 15) is 0 Å². The van der Waals surface area contributed by atoms with Gasteiger partial charge in [-0.2, -0.15) is 0 Å². The van der Waals surface area contributed by atoms with Gasteiger partial charge in [-0.1, -0.05) is 33.1 Å². The van der Waals surface area contributed by atoms with Crippen LogP contribution in [0.15, 0.2) is 0 Å². The standard InChI is InChI=1S/C15H28N2O/c1-5-7-13(6-2)17-15(11-16)8-9-18-14(10-15)12(3)4/h2,12-14,17H,5,7-11,16H2,1,3-4H3. The van der Waals surface area contributed by atoms with E-state index in [1.807, 2.05) is 0 Å². The molecule has 1 saturated heterocycles. The predicted molar refractivity (Wildman–Crippen MR) is 76.3 cm³/mol. The van der Waals surface area contributed by atoms with Crippen LogP contribution in [0.5, 0.6) is 0 Å². The number of rotatable bonds is 6. The summed E-state index contributed by atoms with van der Waals surface area (Å²) < 4.78 is 5.82. The molecule has 1 aliphatic rings. The summed E-state index contributed by atoms with van der Waals surface area (Å²) in [6.45, 7) is 7.95. The fraction of sp³-hybridized carbons (Fsp3) is 0.867. The van der Waals surface area contributed by atoms with Crippen molar-refractivity contribution in [1.29, 1.82) is 0 Å². The molecule has 3 N–H and O–H groups in total. The maximum absolute atomic E-state index is 6.01. The van der Waals surface area contributed by atoms with Crippen LogP contribution in [0.4, 0.5) is 0 Å². The molecule has 0 radical (unpaired) electrons. The Labute approximate surface area is 112 Å². The molecule has 104 valence electrons. The molecular weight excluding hydrogens is 224 g/mol. The Hall–Kier alpha value is -0.560. The van der Waals surface area contributed by atoms with Crippen LogP contribution in [0.3, 0.4) is 0 Å². The van der Waals surface area contributed by atoms with Crippen molar-refractivity contribution in [2.24, 2.45) is 11.7 Å². The summed E-state index contributed by atoms with van der Waals surface area (Å²) in [7, 11) is 0. The number of nitrogens with one attached hydrogen (secondary N) is 1. The lowest BCUT2D eigenvalue weighted by Gasteiger charge is -2.43. The van der Waals surface area contributed by atoms with Crippen LogP contribution < -0.4 is 11.1 Å². The van der Waals surface area contributed by atoms with Crippen LogP contribution in [-0.4, -0.2) is 30.8 Å². The largest absolute Gasteiger partial charge is 0.378 e. The molecule has 18 heavy (non-hydrogen) atoms. The van der Waals surface area contributed by atoms with Gasteiger partial charge in [0, 0.05) is 18.7 Å². The minimum atomic E-state index is -0.0423. The third kappa shape index (κ3) is 3.98. The van der Waals surface area contributed by atoms with Gasteiger partial charge in [0.1, 0.15) is 0 Å². The summed E-state index contributed by atoms with van der Waals surface area (Å²) in [4.78, 5) is 0. The highest BCUT2D eigenvalue weighted by molar-refractivity contribution is 5.05. The first-order valence-electron chi connectivity index (χ1n) is 7.12. The molecule has 0 amide bonds. The van der Waals surface area contributed by atoms with Crippen LogP contribution in [0, 0.1) is 18.3 Å². The molecule has 1 aliphatic heterocycles. The number of nitrogens with two attached hydrogens (primary N) is 1. The summed E-state index contributed by atoms with van der Waals surface area (Å²) in [5.74, 6) is 3.37. The van der Waals surface area contributed by atoms with Gasteiger partial charge in [-0.15, -0.1) is 6.42 Å². The van der Waals surface area contributed by atoms with Crippen LogP contribution >= 0.6 is 0 Å². The van der Waals surface area contributed by atoms with Crippen molar-refractivity contribution in [3.05, 3.63) is 0 Å². The molecule has 3 heteroatoms. The fourth-order valence-corrected chi connectivity index (χ4v) is 2.61. The van der Waals surface area contributed by atoms with E-state index < -0.39 is 0 Å². The third-order valence-corrected chi connectivity index (χ3v) is 3.90. The van der Waals surface area contributed by atoms with Crippen LogP contribution in [0.25, 0.3) is 0 Å². The first kappa shape index (κ1) is 15.5. The second-order valence-electron chi connectivity index (χ2n) is 5.74. The van der Waals surface area contributed by atoms with Crippen molar-refractivity contribution in [1.82, 2.24) is 5.32 Å². The van der Waals surface area contributed by atoms with Gasteiger partial charge >= 0.3 is 0 Å². The minimum absolute atomic E-state index is 0.0423. The monoisotopic (exact) mass is 252 g/mol. The Morgan fingerprint density at radius 1 is 1.56 bits per heavy atom. The van der Waals surface area contributed by atoms with E-state index in [0.29, 0.717) is 12.5 Å². The number of hydrogen-bond acceptors (Lipinski definition) is 3. The highest BCUT2D eigenvalue weighted by atomic mass is 16.5. The summed E-state index contributed by atoms with van der Waals surface area (Å²) in [6.07, 6.45) is 9.90. The summed E-state index contributed by atoms with van der Waals surface area (Å²) in [6, 6.07) is 0.129. The smallest absolute Gasteiger partial charge is 0.0691 e. The van der Waals surface area contributed by atoms with Crippen LogP contribution in [0.2, 0.25) is 0 Å². The van der Waals surface area contributed by atoms with Crippen molar-refractivity contribution < 1.29 is 4.74 Å². The second kappa shape index (κ2) is 7.13. The van der Waals surface area contributed by atoms with Gasteiger partial charge in [0.2, 0.25) is 0 Å². The number of hydrogen-bond donors (Lipinski definition) is 2. The Kier molecular flexibility index (Phi) is 6.14. The Morgan fingerprint density at radius 2 is 2.28 bits per heavy atom. The zero-order valence-electron chi connectivity index (χ0n) is 12.0. The van der Waals surface area contributed by atoms with Gasteiger partial charge in [0.15, 0.2) is 0 Å². The highest BCUT2D eigenvalue weighted by Crippen LogP contribution is 2.28.